The van der Waals surface area contributed by atoms with Crippen LogP contribution in [0.5, 0.6) is 0 Å². The van der Waals surface area contributed by atoms with Gasteiger partial charge < -0.3 is 5.32 Å². The van der Waals surface area contributed by atoms with E-state index >= 15 is 0 Å². The van der Waals surface area contributed by atoms with Gasteiger partial charge in [-0.1, -0.05) is 25.8 Å². The maximum absolute atomic E-state index is 4.40. The van der Waals surface area contributed by atoms with Gasteiger partial charge >= 0.3 is 0 Å². The molecule has 1 aromatic rings. The van der Waals surface area contributed by atoms with Gasteiger partial charge in [0.15, 0.2) is 0 Å². The van der Waals surface area contributed by atoms with Crippen molar-refractivity contribution in [2.45, 2.75) is 38.6 Å². The molecule has 3 heteroatoms. The molecule has 1 heterocycles. The summed E-state index contributed by atoms with van der Waals surface area (Å²) in [6, 6.07) is 6.61. The van der Waals surface area contributed by atoms with Crippen LogP contribution >= 0.6 is 15.9 Å². The zero-order valence-electron chi connectivity index (χ0n) is 9.04. The van der Waals surface area contributed by atoms with Crippen LogP contribution in [0.4, 0.5) is 5.82 Å². The number of nitrogens with zero attached hydrogens (tertiary/aromatic N) is 1. The van der Waals surface area contributed by atoms with Crippen LogP contribution < -0.4 is 5.32 Å². The highest BCUT2D eigenvalue weighted by molar-refractivity contribution is 9.10. The van der Waals surface area contributed by atoms with Gasteiger partial charge in [0, 0.05) is 6.04 Å². The Morgan fingerprint density at radius 1 is 1.40 bits per heavy atom. The first-order valence-electron chi connectivity index (χ1n) is 5.63. The van der Waals surface area contributed by atoms with E-state index in [0.717, 1.165) is 16.3 Å². The summed E-state index contributed by atoms with van der Waals surface area (Å²) in [5, 5.41) is 3.51. The third kappa shape index (κ3) is 3.20. The first-order valence-corrected chi connectivity index (χ1v) is 6.42. The van der Waals surface area contributed by atoms with E-state index in [-0.39, 0.29) is 0 Å². The maximum atomic E-state index is 4.40. The summed E-state index contributed by atoms with van der Waals surface area (Å²) < 4.78 is 0.899. The van der Waals surface area contributed by atoms with Crippen molar-refractivity contribution in [2.75, 3.05) is 5.32 Å². The van der Waals surface area contributed by atoms with Crippen LogP contribution in [0.2, 0.25) is 0 Å². The molecule has 1 N–H and O–H groups in total. The summed E-state index contributed by atoms with van der Waals surface area (Å²) in [7, 11) is 0. The third-order valence-electron chi connectivity index (χ3n) is 3.00. The molecule has 0 saturated heterocycles. The first-order chi connectivity index (χ1) is 7.24. The van der Waals surface area contributed by atoms with E-state index in [2.05, 4.69) is 33.2 Å². The molecule has 1 saturated carbocycles. The standard InChI is InChI=1S/C12H17BrN2/c1-9-4-2-5-10(8-9)14-12-7-3-6-11(13)15-12/h3,6-7,9-10H,2,4-5,8H2,1H3,(H,14,15). The van der Waals surface area contributed by atoms with Gasteiger partial charge in [0.1, 0.15) is 10.4 Å². The largest absolute Gasteiger partial charge is 0.367 e. The Bertz CT molecular complexity index is 327. The van der Waals surface area contributed by atoms with Gasteiger partial charge in [-0.05, 0) is 46.8 Å². The second-order valence-electron chi connectivity index (χ2n) is 4.46. The molecule has 1 aliphatic rings. The molecule has 0 spiro atoms. The second-order valence-corrected chi connectivity index (χ2v) is 5.27. The van der Waals surface area contributed by atoms with Crippen molar-refractivity contribution in [1.82, 2.24) is 4.98 Å². The van der Waals surface area contributed by atoms with Gasteiger partial charge in [-0.25, -0.2) is 4.98 Å². The van der Waals surface area contributed by atoms with Crippen molar-refractivity contribution >= 4 is 21.7 Å². The van der Waals surface area contributed by atoms with Crippen molar-refractivity contribution in [3.05, 3.63) is 22.8 Å². The number of aromatic nitrogens is 1. The van der Waals surface area contributed by atoms with Crippen LogP contribution in [-0.2, 0) is 0 Å². The number of hydrogen-bond donors (Lipinski definition) is 1. The average Bonchev–Trinajstić information content (AvgIpc) is 2.17. The molecule has 1 fully saturated rings. The highest BCUT2D eigenvalue weighted by Gasteiger charge is 2.18. The topological polar surface area (TPSA) is 24.9 Å². The van der Waals surface area contributed by atoms with Gasteiger partial charge in [-0.15, -0.1) is 0 Å². The summed E-state index contributed by atoms with van der Waals surface area (Å²) in [6.45, 7) is 2.34. The molecule has 1 aromatic heterocycles. The monoisotopic (exact) mass is 268 g/mol. The Morgan fingerprint density at radius 2 is 2.27 bits per heavy atom. The predicted octanol–water partition coefficient (Wildman–Crippen LogP) is 3.83. The minimum atomic E-state index is 0.607. The van der Waals surface area contributed by atoms with Crippen molar-refractivity contribution < 1.29 is 0 Å². The summed E-state index contributed by atoms with van der Waals surface area (Å²) in [4.78, 5) is 4.40. The fourth-order valence-electron chi connectivity index (χ4n) is 2.26. The molecule has 0 amide bonds. The molecule has 1 aliphatic carbocycles. The van der Waals surface area contributed by atoms with Crippen LogP contribution in [0.1, 0.15) is 32.6 Å². The molecule has 2 unspecified atom stereocenters. The Labute approximate surface area is 99.6 Å². The minimum absolute atomic E-state index is 0.607. The molecular weight excluding hydrogens is 252 g/mol. The second kappa shape index (κ2) is 4.97. The Balaban J connectivity index is 1.96. The van der Waals surface area contributed by atoms with E-state index in [1.807, 2.05) is 18.2 Å². The number of rotatable bonds is 2. The molecule has 0 radical (unpaired) electrons. The molecule has 0 bridgehead atoms. The van der Waals surface area contributed by atoms with Crippen LogP contribution in [0, 0.1) is 5.92 Å². The summed E-state index contributed by atoms with van der Waals surface area (Å²) in [5.41, 5.74) is 0. The van der Waals surface area contributed by atoms with Crippen LogP contribution in [0.3, 0.4) is 0 Å². The van der Waals surface area contributed by atoms with E-state index in [4.69, 9.17) is 0 Å². The fourth-order valence-corrected chi connectivity index (χ4v) is 2.61. The molecule has 15 heavy (non-hydrogen) atoms. The van der Waals surface area contributed by atoms with Crippen molar-refractivity contribution in [2.24, 2.45) is 5.92 Å². The van der Waals surface area contributed by atoms with Gasteiger partial charge in [-0.2, -0.15) is 0 Å². The lowest BCUT2D eigenvalue weighted by Gasteiger charge is -2.27. The minimum Gasteiger partial charge on any atom is -0.367 e. The van der Waals surface area contributed by atoms with E-state index in [1.165, 1.54) is 25.7 Å². The van der Waals surface area contributed by atoms with Gasteiger partial charge in [0.2, 0.25) is 0 Å². The number of hydrogen-bond acceptors (Lipinski definition) is 2. The van der Waals surface area contributed by atoms with Crippen LogP contribution in [0.15, 0.2) is 22.8 Å². The Morgan fingerprint density at radius 3 is 3.00 bits per heavy atom. The molecule has 0 aliphatic heterocycles. The van der Waals surface area contributed by atoms with Crippen LogP contribution in [0.25, 0.3) is 0 Å². The van der Waals surface area contributed by atoms with Crippen LogP contribution in [-0.4, -0.2) is 11.0 Å². The van der Waals surface area contributed by atoms with Crippen molar-refractivity contribution in [3.8, 4) is 0 Å². The van der Waals surface area contributed by atoms with E-state index < -0.39 is 0 Å². The Hall–Kier alpha value is -0.570. The molecular formula is C12H17BrN2. The third-order valence-corrected chi connectivity index (χ3v) is 3.45. The summed E-state index contributed by atoms with van der Waals surface area (Å²) >= 11 is 3.39. The SMILES string of the molecule is CC1CCCC(Nc2cccc(Br)n2)C1. The zero-order chi connectivity index (χ0) is 10.7. The lowest BCUT2D eigenvalue weighted by molar-refractivity contribution is 0.358. The smallest absolute Gasteiger partial charge is 0.127 e. The maximum Gasteiger partial charge on any atom is 0.127 e. The van der Waals surface area contributed by atoms with E-state index in [0.29, 0.717) is 6.04 Å². The zero-order valence-corrected chi connectivity index (χ0v) is 10.6. The molecule has 2 atom stereocenters. The highest BCUT2D eigenvalue weighted by Crippen LogP contribution is 2.25. The Kier molecular flexibility index (Phi) is 3.62. The van der Waals surface area contributed by atoms with Crippen molar-refractivity contribution in [3.63, 3.8) is 0 Å². The molecule has 2 rings (SSSR count). The van der Waals surface area contributed by atoms with E-state index in [1.54, 1.807) is 0 Å². The number of anilines is 1. The lowest BCUT2D eigenvalue weighted by atomic mass is 9.87. The summed E-state index contributed by atoms with van der Waals surface area (Å²) in [5.74, 6) is 1.84. The molecule has 0 aromatic carbocycles. The number of halogens is 1. The summed E-state index contributed by atoms with van der Waals surface area (Å²) in [6.07, 6.45) is 5.27. The quantitative estimate of drug-likeness (QED) is 0.825. The van der Waals surface area contributed by atoms with Gasteiger partial charge in [-0.3, -0.25) is 0 Å². The first kappa shape index (κ1) is 10.9. The number of nitrogens with one attached hydrogen (secondary N) is 1. The molecule has 82 valence electrons. The number of pyridine rings is 1. The van der Waals surface area contributed by atoms with Crippen molar-refractivity contribution in [1.29, 1.82) is 0 Å². The predicted molar refractivity (Wildman–Crippen MR) is 67.0 cm³/mol. The van der Waals surface area contributed by atoms with Gasteiger partial charge in [0.25, 0.3) is 0 Å². The van der Waals surface area contributed by atoms with Gasteiger partial charge in [0.05, 0.1) is 0 Å². The average molecular weight is 269 g/mol. The highest BCUT2D eigenvalue weighted by atomic mass is 79.9. The molecule has 2 nitrogen and oxygen atoms in total. The fraction of sp³-hybridized carbons (Fsp3) is 0.583. The normalized spacial score (nSPS) is 26.3. The lowest BCUT2D eigenvalue weighted by Crippen LogP contribution is -2.26. The van der Waals surface area contributed by atoms with E-state index in [9.17, 15) is 0 Å².